The van der Waals surface area contributed by atoms with E-state index in [2.05, 4.69) is 9.88 Å². The Labute approximate surface area is 160 Å². The molecule has 1 fully saturated rings. The quantitative estimate of drug-likeness (QED) is 0.822. The number of carbonyl (C=O) groups is 1. The van der Waals surface area contributed by atoms with Crippen LogP contribution in [0, 0.1) is 0 Å². The number of nitrogens with zero attached hydrogens (tertiary/aromatic N) is 4. The molecule has 1 aromatic carbocycles. The number of carbonyl (C=O) groups excluding carboxylic acids is 1. The van der Waals surface area contributed by atoms with Gasteiger partial charge in [0.2, 0.25) is 0 Å². The molecule has 7 heteroatoms. The lowest BCUT2D eigenvalue weighted by Crippen LogP contribution is -2.50. The van der Waals surface area contributed by atoms with Crippen molar-refractivity contribution in [1.82, 2.24) is 14.9 Å². The third-order valence-electron chi connectivity index (χ3n) is 4.64. The van der Waals surface area contributed by atoms with E-state index in [9.17, 15) is 4.79 Å². The molecule has 2 aromatic rings. The van der Waals surface area contributed by atoms with E-state index in [4.69, 9.17) is 14.5 Å². The lowest BCUT2D eigenvalue weighted by Gasteiger charge is -2.38. The summed E-state index contributed by atoms with van der Waals surface area (Å²) in [7, 11) is 3.58. The number of benzene rings is 1. The molecule has 1 atom stereocenters. The predicted octanol–water partition coefficient (Wildman–Crippen LogP) is 3.47. The molecule has 0 unspecified atom stereocenters. The minimum atomic E-state index is -0.497. The van der Waals surface area contributed by atoms with E-state index in [-0.39, 0.29) is 12.1 Å². The van der Waals surface area contributed by atoms with Crippen LogP contribution in [0.25, 0.3) is 11.0 Å². The van der Waals surface area contributed by atoms with Gasteiger partial charge in [-0.25, -0.2) is 14.8 Å². The van der Waals surface area contributed by atoms with Crippen LogP contribution in [0.5, 0.6) is 5.88 Å². The van der Waals surface area contributed by atoms with E-state index in [1.165, 1.54) is 0 Å². The zero-order valence-corrected chi connectivity index (χ0v) is 16.7. The minimum Gasteiger partial charge on any atom is -0.478 e. The van der Waals surface area contributed by atoms with Gasteiger partial charge in [-0.15, -0.1) is 0 Å². The first-order chi connectivity index (χ1) is 12.8. The average Bonchev–Trinajstić information content (AvgIpc) is 2.65. The van der Waals surface area contributed by atoms with Gasteiger partial charge in [0.25, 0.3) is 5.88 Å². The number of amides is 1. The first-order valence-corrected chi connectivity index (χ1v) is 9.30. The number of likely N-dealkylation sites (tertiary alicyclic amines) is 1. The number of rotatable bonds is 3. The molecular formula is C20H28N4O3. The van der Waals surface area contributed by atoms with E-state index >= 15 is 0 Å². The lowest BCUT2D eigenvalue weighted by molar-refractivity contribution is 0.0199. The van der Waals surface area contributed by atoms with Crippen molar-refractivity contribution in [3.8, 4) is 5.88 Å². The number of para-hydroxylation sites is 2. The maximum atomic E-state index is 12.4. The van der Waals surface area contributed by atoms with E-state index in [0.717, 1.165) is 23.9 Å². The van der Waals surface area contributed by atoms with E-state index < -0.39 is 5.60 Å². The summed E-state index contributed by atoms with van der Waals surface area (Å²) >= 11 is 0. The van der Waals surface area contributed by atoms with Gasteiger partial charge in [0.15, 0.2) is 5.82 Å². The molecule has 1 aromatic heterocycles. The summed E-state index contributed by atoms with van der Waals surface area (Å²) in [5, 5.41) is 0. The molecule has 1 amide bonds. The monoisotopic (exact) mass is 372 g/mol. The summed E-state index contributed by atoms with van der Waals surface area (Å²) in [6.45, 7) is 6.94. The molecule has 7 nitrogen and oxygen atoms in total. The van der Waals surface area contributed by atoms with Gasteiger partial charge in [-0.05, 0) is 45.7 Å². The van der Waals surface area contributed by atoms with Crippen LogP contribution >= 0.6 is 0 Å². The zero-order valence-electron chi connectivity index (χ0n) is 16.7. The third-order valence-corrected chi connectivity index (χ3v) is 4.64. The molecule has 3 rings (SSSR count). The number of fused-ring (bicyclic) bond motifs is 1. The smallest absolute Gasteiger partial charge is 0.410 e. The number of aromatic nitrogens is 2. The minimum absolute atomic E-state index is 0.121. The van der Waals surface area contributed by atoms with E-state index in [0.29, 0.717) is 24.8 Å². The molecular weight excluding hydrogens is 344 g/mol. The highest BCUT2D eigenvalue weighted by atomic mass is 16.6. The van der Waals surface area contributed by atoms with Crippen molar-refractivity contribution in [2.45, 2.75) is 45.3 Å². The van der Waals surface area contributed by atoms with Crippen LogP contribution in [0.1, 0.15) is 33.6 Å². The molecule has 27 heavy (non-hydrogen) atoms. The second-order valence-electron chi connectivity index (χ2n) is 7.88. The molecule has 0 bridgehead atoms. The van der Waals surface area contributed by atoms with Crippen molar-refractivity contribution in [3.05, 3.63) is 24.3 Å². The molecule has 0 saturated carbocycles. The standard InChI is InChI=1S/C20H28N4O3/c1-20(2,3)27-19(25)24-12-8-9-14(13-24)23(4)17-18(26-5)22-16-11-7-6-10-15(16)21-17/h6-7,10-11,14H,8-9,12-13H2,1-5H3/t14-/m0/s1. The van der Waals surface area contributed by atoms with E-state index in [1.54, 1.807) is 12.0 Å². The highest BCUT2D eigenvalue weighted by Crippen LogP contribution is 2.29. The summed E-state index contributed by atoms with van der Waals surface area (Å²) in [5.41, 5.74) is 1.12. The number of hydrogen-bond donors (Lipinski definition) is 0. The van der Waals surface area contributed by atoms with Gasteiger partial charge in [0, 0.05) is 26.2 Å². The fourth-order valence-electron chi connectivity index (χ4n) is 3.28. The zero-order chi connectivity index (χ0) is 19.6. The van der Waals surface area contributed by atoms with Gasteiger partial charge < -0.3 is 19.3 Å². The van der Waals surface area contributed by atoms with Crippen molar-refractivity contribution in [2.75, 3.05) is 32.1 Å². The number of methoxy groups -OCH3 is 1. The second-order valence-corrected chi connectivity index (χ2v) is 7.88. The third kappa shape index (κ3) is 4.40. The van der Waals surface area contributed by atoms with Crippen molar-refractivity contribution >= 4 is 22.9 Å². The molecule has 0 aliphatic carbocycles. The Morgan fingerprint density at radius 2 is 1.89 bits per heavy atom. The Balaban J connectivity index is 1.81. The second kappa shape index (κ2) is 7.58. The SMILES string of the molecule is COc1nc2ccccc2nc1N(C)[C@H]1CCCN(C(=O)OC(C)(C)C)C1. The van der Waals surface area contributed by atoms with Crippen molar-refractivity contribution in [2.24, 2.45) is 0 Å². The normalized spacial score (nSPS) is 17.7. The molecule has 1 saturated heterocycles. The van der Waals surface area contributed by atoms with Crippen LogP contribution in [0.2, 0.25) is 0 Å². The predicted molar refractivity (Wildman–Crippen MR) is 105 cm³/mol. The summed E-state index contributed by atoms with van der Waals surface area (Å²) < 4.78 is 11.0. The Morgan fingerprint density at radius 3 is 2.52 bits per heavy atom. The average molecular weight is 372 g/mol. The maximum absolute atomic E-state index is 12.4. The van der Waals surface area contributed by atoms with Crippen LogP contribution < -0.4 is 9.64 Å². The molecule has 1 aliphatic rings. The van der Waals surface area contributed by atoms with Crippen molar-refractivity contribution in [3.63, 3.8) is 0 Å². The van der Waals surface area contributed by atoms with Crippen LogP contribution in [0.3, 0.4) is 0 Å². The molecule has 2 heterocycles. The van der Waals surface area contributed by atoms with Crippen molar-refractivity contribution in [1.29, 1.82) is 0 Å². The van der Waals surface area contributed by atoms with Gasteiger partial charge in [0.05, 0.1) is 18.1 Å². The highest BCUT2D eigenvalue weighted by Gasteiger charge is 2.31. The van der Waals surface area contributed by atoms with Crippen LogP contribution in [0.4, 0.5) is 10.6 Å². The number of likely N-dealkylation sites (N-methyl/N-ethyl adjacent to an activating group) is 1. The number of piperidine rings is 1. The Hall–Kier alpha value is -2.57. The molecule has 146 valence electrons. The van der Waals surface area contributed by atoms with Crippen LogP contribution in [-0.4, -0.2) is 59.9 Å². The number of hydrogen-bond acceptors (Lipinski definition) is 6. The molecule has 0 radical (unpaired) electrons. The van der Waals surface area contributed by atoms with Gasteiger partial charge in [0.1, 0.15) is 5.60 Å². The lowest BCUT2D eigenvalue weighted by atomic mass is 10.0. The molecule has 1 aliphatic heterocycles. The van der Waals surface area contributed by atoms with Gasteiger partial charge >= 0.3 is 6.09 Å². The first-order valence-electron chi connectivity index (χ1n) is 9.30. The summed E-state index contributed by atoms with van der Waals surface area (Å²) in [4.78, 5) is 25.6. The number of anilines is 1. The van der Waals surface area contributed by atoms with Crippen LogP contribution in [0.15, 0.2) is 24.3 Å². The summed E-state index contributed by atoms with van der Waals surface area (Å²) in [5.74, 6) is 1.18. The Kier molecular flexibility index (Phi) is 5.39. The van der Waals surface area contributed by atoms with Gasteiger partial charge in [-0.2, -0.15) is 0 Å². The first kappa shape index (κ1) is 19.2. The molecule has 0 spiro atoms. The topological polar surface area (TPSA) is 67.8 Å². The summed E-state index contributed by atoms with van der Waals surface area (Å²) in [6, 6.07) is 7.85. The summed E-state index contributed by atoms with van der Waals surface area (Å²) in [6.07, 6.45) is 1.61. The largest absolute Gasteiger partial charge is 0.478 e. The maximum Gasteiger partial charge on any atom is 0.410 e. The fraction of sp³-hybridized carbons (Fsp3) is 0.550. The van der Waals surface area contributed by atoms with E-state index in [1.807, 2.05) is 52.1 Å². The number of ether oxygens (including phenoxy) is 2. The van der Waals surface area contributed by atoms with Crippen LogP contribution in [-0.2, 0) is 4.74 Å². The Bertz CT molecular complexity index is 818. The fourth-order valence-corrected chi connectivity index (χ4v) is 3.28. The molecule has 0 N–H and O–H groups in total. The highest BCUT2D eigenvalue weighted by molar-refractivity contribution is 5.77. The van der Waals surface area contributed by atoms with Gasteiger partial charge in [-0.1, -0.05) is 12.1 Å². The Morgan fingerprint density at radius 1 is 1.22 bits per heavy atom. The van der Waals surface area contributed by atoms with Crippen molar-refractivity contribution < 1.29 is 14.3 Å². The van der Waals surface area contributed by atoms with Gasteiger partial charge in [-0.3, -0.25) is 0 Å².